The molecule has 1 aromatic rings. The van der Waals surface area contributed by atoms with Crippen LogP contribution < -0.4 is 0 Å². The number of carbonyl (C=O) groups excluding carboxylic acids is 1. The number of unbranched alkanes of at least 4 members (excludes halogenated alkanes) is 1. The first-order valence-electron chi connectivity index (χ1n) is 7.90. The molecule has 0 spiro atoms. The molecule has 0 N–H and O–H groups in total. The van der Waals surface area contributed by atoms with E-state index in [2.05, 4.69) is 24.3 Å². The molecule has 1 aromatic carbocycles. The highest BCUT2D eigenvalue weighted by molar-refractivity contribution is 5.83. The summed E-state index contributed by atoms with van der Waals surface area (Å²) in [4.78, 5) is 14.0. The Morgan fingerprint density at radius 3 is 2.67 bits per heavy atom. The van der Waals surface area contributed by atoms with Crippen LogP contribution in [0.5, 0.6) is 0 Å². The van der Waals surface area contributed by atoms with E-state index in [4.69, 9.17) is 9.47 Å². The number of morpholine rings is 1. The summed E-state index contributed by atoms with van der Waals surface area (Å²) >= 11 is 0. The van der Waals surface area contributed by atoms with Gasteiger partial charge < -0.3 is 14.4 Å². The molecule has 2 aliphatic rings. The second-order valence-corrected chi connectivity index (χ2v) is 5.76. The fourth-order valence-corrected chi connectivity index (χ4v) is 2.86. The molecular formula is C17H23NO3. The second kappa shape index (κ2) is 7.05. The summed E-state index contributed by atoms with van der Waals surface area (Å²) in [5, 5.41) is 0. The maximum Gasteiger partial charge on any atom is 0.254 e. The summed E-state index contributed by atoms with van der Waals surface area (Å²) < 4.78 is 10.8. The molecule has 0 bridgehead atoms. The molecular weight excluding hydrogens is 266 g/mol. The summed E-state index contributed by atoms with van der Waals surface area (Å²) in [6.07, 6.45) is 4.34. The quantitative estimate of drug-likeness (QED) is 0.594. The smallest absolute Gasteiger partial charge is 0.254 e. The maximum absolute atomic E-state index is 12.2. The van der Waals surface area contributed by atoms with E-state index >= 15 is 0 Å². The second-order valence-electron chi connectivity index (χ2n) is 5.76. The Balaban J connectivity index is 1.32. The molecule has 4 heteroatoms. The van der Waals surface area contributed by atoms with Gasteiger partial charge in [0.15, 0.2) is 6.10 Å². The lowest BCUT2D eigenvalue weighted by Crippen LogP contribution is -2.43. The van der Waals surface area contributed by atoms with Gasteiger partial charge in [0.25, 0.3) is 5.91 Å². The Labute approximate surface area is 126 Å². The lowest BCUT2D eigenvalue weighted by molar-refractivity contribution is -0.136. The molecule has 2 saturated heterocycles. The average molecular weight is 289 g/mol. The standard InChI is InChI=1S/C17H23NO3/c19-17(18-10-12-20-13-11-18)16-15(21-16)9-5-4-8-14-6-2-1-3-7-14/h1-3,6-7,15-16H,4-5,8-13H2/t15-,16+/m1/s1. The Bertz CT molecular complexity index is 456. The summed E-state index contributed by atoms with van der Waals surface area (Å²) in [5.74, 6) is 0.159. The van der Waals surface area contributed by atoms with Crippen molar-refractivity contribution in [3.05, 3.63) is 35.9 Å². The van der Waals surface area contributed by atoms with Crippen LogP contribution in [-0.2, 0) is 20.7 Å². The van der Waals surface area contributed by atoms with E-state index in [1.54, 1.807) is 0 Å². The third-order valence-electron chi connectivity index (χ3n) is 4.20. The number of carbonyl (C=O) groups is 1. The van der Waals surface area contributed by atoms with E-state index in [0.29, 0.717) is 26.3 Å². The van der Waals surface area contributed by atoms with Crippen molar-refractivity contribution in [3.63, 3.8) is 0 Å². The van der Waals surface area contributed by atoms with Crippen molar-refractivity contribution < 1.29 is 14.3 Å². The zero-order chi connectivity index (χ0) is 14.5. The minimum atomic E-state index is -0.181. The predicted molar refractivity (Wildman–Crippen MR) is 80.1 cm³/mol. The van der Waals surface area contributed by atoms with Crippen LogP contribution in [-0.4, -0.2) is 49.3 Å². The molecule has 3 rings (SSSR count). The van der Waals surface area contributed by atoms with Crippen LogP contribution >= 0.6 is 0 Å². The molecule has 2 atom stereocenters. The number of ether oxygens (including phenoxy) is 2. The van der Waals surface area contributed by atoms with E-state index in [1.165, 1.54) is 5.56 Å². The molecule has 0 unspecified atom stereocenters. The fraction of sp³-hybridized carbons (Fsp3) is 0.588. The summed E-state index contributed by atoms with van der Waals surface area (Å²) in [5.41, 5.74) is 1.38. The van der Waals surface area contributed by atoms with Crippen LogP contribution in [0.2, 0.25) is 0 Å². The molecule has 0 aliphatic carbocycles. The van der Waals surface area contributed by atoms with Crippen molar-refractivity contribution >= 4 is 5.91 Å². The normalized spacial score (nSPS) is 24.9. The van der Waals surface area contributed by atoms with Gasteiger partial charge in [-0.1, -0.05) is 36.8 Å². The van der Waals surface area contributed by atoms with E-state index in [-0.39, 0.29) is 18.1 Å². The average Bonchev–Trinajstić information content (AvgIpc) is 3.32. The van der Waals surface area contributed by atoms with E-state index < -0.39 is 0 Å². The van der Waals surface area contributed by atoms with Crippen LogP contribution in [0.4, 0.5) is 0 Å². The van der Waals surface area contributed by atoms with Gasteiger partial charge >= 0.3 is 0 Å². The van der Waals surface area contributed by atoms with E-state index in [1.807, 2.05) is 11.0 Å². The fourth-order valence-electron chi connectivity index (χ4n) is 2.86. The number of nitrogens with zero attached hydrogens (tertiary/aromatic N) is 1. The number of rotatable bonds is 6. The Morgan fingerprint density at radius 2 is 1.90 bits per heavy atom. The summed E-state index contributed by atoms with van der Waals surface area (Å²) in [6, 6.07) is 10.5. The highest BCUT2D eigenvalue weighted by Gasteiger charge is 2.46. The highest BCUT2D eigenvalue weighted by Crippen LogP contribution is 2.29. The van der Waals surface area contributed by atoms with Crippen molar-refractivity contribution in [3.8, 4) is 0 Å². The monoisotopic (exact) mass is 289 g/mol. The molecule has 21 heavy (non-hydrogen) atoms. The van der Waals surface area contributed by atoms with Crippen LogP contribution in [0.15, 0.2) is 30.3 Å². The summed E-state index contributed by atoms with van der Waals surface area (Å²) in [7, 11) is 0. The first-order chi connectivity index (χ1) is 10.3. The lowest BCUT2D eigenvalue weighted by Gasteiger charge is -2.26. The molecule has 2 aliphatic heterocycles. The molecule has 0 radical (unpaired) electrons. The number of amides is 1. The first kappa shape index (κ1) is 14.5. The van der Waals surface area contributed by atoms with Gasteiger partial charge in [-0.05, 0) is 24.8 Å². The molecule has 4 nitrogen and oxygen atoms in total. The molecule has 0 aromatic heterocycles. The number of hydrogen-bond donors (Lipinski definition) is 0. The molecule has 2 fully saturated rings. The van der Waals surface area contributed by atoms with Crippen LogP contribution in [0.3, 0.4) is 0 Å². The van der Waals surface area contributed by atoms with Gasteiger partial charge in [0.1, 0.15) is 0 Å². The Hall–Kier alpha value is -1.39. The van der Waals surface area contributed by atoms with Crippen molar-refractivity contribution in [2.24, 2.45) is 0 Å². The van der Waals surface area contributed by atoms with Crippen LogP contribution in [0, 0.1) is 0 Å². The maximum atomic E-state index is 12.2. The highest BCUT2D eigenvalue weighted by atomic mass is 16.6. The van der Waals surface area contributed by atoms with Crippen molar-refractivity contribution in [2.45, 2.75) is 37.9 Å². The minimum Gasteiger partial charge on any atom is -0.378 e. The molecule has 114 valence electrons. The van der Waals surface area contributed by atoms with Gasteiger partial charge in [0, 0.05) is 13.1 Å². The van der Waals surface area contributed by atoms with Gasteiger partial charge in [-0.15, -0.1) is 0 Å². The van der Waals surface area contributed by atoms with Crippen LogP contribution in [0.1, 0.15) is 24.8 Å². The van der Waals surface area contributed by atoms with Crippen molar-refractivity contribution in [2.75, 3.05) is 26.3 Å². The van der Waals surface area contributed by atoms with Crippen molar-refractivity contribution in [1.82, 2.24) is 4.90 Å². The van der Waals surface area contributed by atoms with Gasteiger partial charge in [-0.2, -0.15) is 0 Å². The van der Waals surface area contributed by atoms with Crippen molar-refractivity contribution in [1.29, 1.82) is 0 Å². The topological polar surface area (TPSA) is 42.1 Å². The number of aryl methyl sites for hydroxylation is 1. The largest absolute Gasteiger partial charge is 0.378 e. The van der Waals surface area contributed by atoms with Gasteiger partial charge in [-0.25, -0.2) is 0 Å². The van der Waals surface area contributed by atoms with Gasteiger partial charge in [0.2, 0.25) is 0 Å². The Morgan fingerprint density at radius 1 is 1.14 bits per heavy atom. The van der Waals surface area contributed by atoms with Gasteiger partial charge in [-0.3, -0.25) is 4.79 Å². The first-order valence-corrected chi connectivity index (χ1v) is 7.90. The third-order valence-corrected chi connectivity index (χ3v) is 4.20. The molecule has 0 saturated carbocycles. The minimum absolute atomic E-state index is 0.149. The number of benzene rings is 1. The zero-order valence-corrected chi connectivity index (χ0v) is 12.4. The summed E-state index contributed by atoms with van der Waals surface area (Å²) in [6.45, 7) is 2.72. The predicted octanol–water partition coefficient (Wildman–Crippen LogP) is 2.03. The van der Waals surface area contributed by atoms with Gasteiger partial charge in [0.05, 0.1) is 19.3 Å². The number of epoxide rings is 1. The number of hydrogen-bond acceptors (Lipinski definition) is 3. The van der Waals surface area contributed by atoms with E-state index in [0.717, 1.165) is 25.7 Å². The molecule has 1 amide bonds. The Kier molecular flexibility index (Phi) is 4.88. The SMILES string of the molecule is O=C([C@H]1O[C@@H]1CCCCc1ccccc1)N1CCOCC1. The van der Waals surface area contributed by atoms with E-state index in [9.17, 15) is 4.79 Å². The zero-order valence-electron chi connectivity index (χ0n) is 12.4. The third kappa shape index (κ3) is 4.05. The lowest BCUT2D eigenvalue weighted by atomic mass is 10.1. The van der Waals surface area contributed by atoms with Crippen LogP contribution in [0.25, 0.3) is 0 Å². The molecule has 2 heterocycles.